The molecule has 1 amide bonds. The van der Waals surface area contributed by atoms with E-state index in [0.29, 0.717) is 29.4 Å². The highest BCUT2D eigenvalue weighted by atomic mass is 35.5. The number of halogens is 1. The number of sulfone groups is 1. The maximum absolute atomic E-state index is 13.1. The molecule has 0 saturated heterocycles. The van der Waals surface area contributed by atoms with Crippen molar-refractivity contribution in [1.82, 2.24) is 4.98 Å². The summed E-state index contributed by atoms with van der Waals surface area (Å²) in [6, 6.07) is 5.95. The lowest BCUT2D eigenvalue weighted by molar-refractivity contribution is -0.120. The Bertz CT molecular complexity index is 924. The molecule has 0 spiro atoms. The minimum atomic E-state index is -3.82. The first-order chi connectivity index (χ1) is 12.1. The number of carbonyl (C=O) groups is 1. The average Bonchev–Trinajstić information content (AvgIpc) is 2.94. The zero-order valence-electron chi connectivity index (χ0n) is 14.9. The molecule has 5 nitrogen and oxygen atoms in total. The van der Waals surface area contributed by atoms with Crippen molar-refractivity contribution in [3.05, 3.63) is 40.4 Å². The van der Waals surface area contributed by atoms with Crippen LogP contribution in [-0.4, -0.2) is 24.1 Å². The topological polar surface area (TPSA) is 76.1 Å². The normalized spacial score (nSPS) is 16.8. The first-order valence-electron chi connectivity index (χ1n) is 8.34. The molecule has 0 aliphatic heterocycles. The summed E-state index contributed by atoms with van der Waals surface area (Å²) in [5, 5.41) is 3.61. The Kier molecular flexibility index (Phi) is 4.92. The molecule has 1 fully saturated rings. The van der Waals surface area contributed by atoms with Gasteiger partial charge in [-0.2, -0.15) is 0 Å². The number of amides is 1. The van der Waals surface area contributed by atoms with Gasteiger partial charge in [-0.05, 0) is 48.9 Å². The summed E-state index contributed by atoms with van der Waals surface area (Å²) in [4.78, 5) is 18.3. The van der Waals surface area contributed by atoms with E-state index in [2.05, 4.69) is 31.1 Å². The molecular weight excluding hydrogens is 392 g/mol. The smallest absolute Gasteiger partial charge is 0.248 e. The van der Waals surface area contributed by atoms with E-state index < -0.39 is 20.5 Å². The Hall–Kier alpha value is -1.44. The van der Waals surface area contributed by atoms with Crippen LogP contribution >= 0.6 is 22.9 Å². The van der Waals surface area contributed by atoms with Gasteiger partial charge in [-0.1, -0.05) is 32.4 Å². The highest BCUT2D eigenvalue weighted by molar-refractivity contribution is 7.93. The largest absolute Gasteiger partial charge is 0.301 e. The maximum atomic E-state index is 13.1. The minimum Gasteiger partial charge on any atom is -0.301 e. The Balaban J connectivity index is 1.88. The van der Waals surface area contributed by atoms with Crippen molar-refractivity contribution in [2.24, 2.45) is 0 Å². The van der Waals surface area contributed by atoms with Gasteiger partial charge in [-0.15, -0.1) is 11.3 Å². The van der Waals surface area contributed by atoms with E-state index in [9.17, 15) is 13.2 Å². The van der Waals surface area contributed by atoms with Crippen molar-refractivity contribution in [3.8, 4) is 0 Å². The number of hydrogen-bond donors (Lipinski definition) is 1. The molecule has 1 aromatic carbocycles. The predicted molar refractivity (Wildman–Crippen MR) is 105 cm³/mol. The molecule has 0 radical (unpaired) electrons. The van der Waals surface area contributed by atoms with Crippen LogP contribution in [0.15, 0.2) is 35.4 Å². The average molecular weight is 413 g/mol. The third-order valence-electron chi connectivity index (χ3n) is 4.68. The van der Waals surface area contributed by atoms with Crippen LogP contribution in [0.2, 0.25) is 5.02 Å². The van der Waals surface area contributed by atoms with Crippen LogP contribution in [0.1, 0.15) is 44.9 Å². The molecule has 1 aliphatic rings. The first-order valence-corrected chi connectivity index (χ1v) is 11.0. The van der Waals surface area contributed by atoms with Gasteiger partial charge in [-0.25, -0.2) is 13.4 Å². The number of nitrogens with one attached hydrogen (secondary N) is 1. The fourth-order valence-corrected chi connectivity index (χ4v) is 5.91. The van der Waals surface area contributed by atoms with Gasteiger partial charge in [0, 0.05) is 16.1 Å². The van der Waals surface area contributed by atoms with Gasteiger partial charge in [0.05, 0.1) is 4.90 Å². The predicted octanol–water partition coefficient (Wildman–Crippen LogP) is 4.43. The Labute approximate surface area is 162 Å². The summed E-state index contributed by atoms with van der Waals surface area (Å²) >= 11 is 7.22. The second kappa shape index (κ2) is 6.62. The fraction of sp³-hybridized carbons (Fsp3) is 0.444. The summed E-state index contributed by atoms with van der Waals surface area (Å²) in [6.07, 6.45) is 3.04. The summed E-state index contributed by atoms with van der Waals surface area (Å²) in [7, 11) is -3.82. The fourth-order valence-electron chi connectivity index (χ4n) is 2.84. The summed E-state index contributed by atoms with van der Waals surface area (Å²) < 4.78 is 24.8. The van der Waals surface area contributed by atoms with Crippen LogP contribution in [0.5, 0.6) is 0 Å². The molecule has 3 rings (SSSR count). The zero-order valence-corrected chi connectivity index (χ0v) is 17.3. The van der Waals surface area contributed by atoms with Crippen molar-refractivity contribution in [3.63, 3.8) is 0 Å². The number of aromatic nitrogens is 1. The van der Waals surface area contributed by atoms with Gasteiger partial charge in [0.1, 0.15) is 0 Å². The molecule has 1 heterocycles. The molecular formula is C18H21ClN2O3S2. The number of anilines is 1. The second-order valence-corrected chi connectivity index (χ2v) is 11.3. The molecule has 140 valence electrons. The lowest BCUT2D eigenvalue weighted by Gasteiger charge is -2.38. The molecule has 26 heavy (non-hydrogen) atoms. The SMILES string of the molecule is CC(C)(C)c1cnc(NC(=O)C2(S(=O)(=O)c3ccc(Cl)cc3)CCC2)s1. The lowest BCUT2D eigenvalue weighted by atomic mass is 9.83. The highest BCUT2D eigenvalue weighted by Crippen LogP contribution is 2.44. The summed E-state index contributed by atoms with van der Waals surface area (Å²) in [5.41, 5.74) is -0.0792. The number of carbonyl (C=O) groups excluding carboxylic acids is 1. The molecule has 2 aromatic rings. The summed E-state index contributed by atoms with van der Waals surface area (Å²) in [6.45, 7) is 6.18. The number of benzene rings is 1. The van der Waals surface area contributed by atoms with Crippen molar-refractivity contribution in [2.45, 2.75) is 55.1 Å². The van der Waals surface area contributed by atoms with Crippen LogP contribution in [0, 0.1) is 0 Å². The second-order valence-electron chi connectivity index (χ2n) is 7.54. The van der Waals surface area contributed by atoms with Crippen LogP contribution < -0.4 is 5.32 Å². The quantitative estimate of drug-likeness (QED) is 0.805. The molecule has 1 aromatic heterocycles. The van der Waals surface area contributed by atoms with Gasteiger partial charge in [0.15, 0.2) is 19.7 Å². The van der Waals surface area contributed by atoms with E-state index in [1.807, 2.05) is 0 Å². The molecule has 1 aliphatic carbocycles. The van der Waals surface area contributed by atoms with Crippen molar-refractivity contribution in [1.29, 1.82) is 0 Å². The number of thiazole rings is 1. The Morgan fingerprint density at radius 1 is 1.23 bits per heavy atom. The summed E-state index contributed by atoms with van der Waals surface area (Å²) in [5.74, 6) is -0.506. The molecule has 0 atom stereocenters. The third-order valence-corrected chi connectivity index (χ3v) is 8.78. The zero-order chi connectivity index (χ0) is 19.2. The van der Waals surface area contributed by atoms with E-state index in [-0.39, 0.29) is 10.3 Å². The monoisotopic (exact) mass is 412 g/mol. The number of nitrogens with zero attached hydrogens (tertiary/aromatic N) is 1. The van der Waals surface area contributed by atoms with Crippen LogP contribution in [0.4, 0.5) is 5.13 Å². The van der Waals surface area contributed by atoms with Gasteiger partial charge >= 0.3 is 0 Å². The Morgan fingerprint density at radius 3 is 2.31 bits per heavy atom. The molecule has 1 saturated carbocycles. The van der Waals surface area contributed by atoms with Gasteiger partial charge < -0.3 is 5.32 Å². The van der Waals surface area contributed by atoms with Gasteiger partial charge in [0.2, 0.25) is 5.91 Å². The molecule has 0 unspecified atom stereocenters. The first kappa shape index (κ1) is 19.3. The lowest BCUT2D eigenvalue weighted by Crippen LogP contribution is -2.54. The molecule has 0 bridgehead atoms. The third kappa shape index (κ3) is 3.28. The van der Waals surface area contributed by atoms with Crippen molar-refractivity contribution in [2.75, 3.05) is 5.32 Å². The number of rotatable bonds is 4. The van der Waals surface area contributed by atoms with Crippen LogP contribution in [0.3, 0.4) is 0 Å². The molecule has 8 heteroatoms. The molecule has 1 N–H and O–H groups in total. The highest BCUT2D eigenvalue weighted by Gasteiger charge is 2.55. The van der Waals surface area contributed by atoms with Crippen LogP contribution in [0.25, 0.3) is 0 Å². The minimum absolute atomic E-state index is 0.0792. The van der Waals surface area contributed by atoms with Crippen molar-refractivity contribution < 1.29 is 13.2 Å². The number of hydrogen-bond acceptors (Lipinski definition) is 5. The standard InChI is InChI=1S/C18H21ClN2O3S2/c1-17(2,3)14-11-20-16(25-14)21-15(22)18(9-4-10-18)26(23,24)13-7-5-12(19)6-8-13/h5-8,11H,4,9-10H2,1-3H3,(H,20,21,22). The maximum Gasteiger partial charge on any atom is 0.248 e. The van der Waals surface area contributed by atoms with Crippen LogP contribution in [-0.2, 0) is 20.0 Å². The van der Waals surface area contributed by atoms with E-state index in [4.69, 9.17) is 11.6 Å². The Morgan fingerprint density at radius 2 is 1.85 bits per heavy atom. The van der Waals surface area contributed by atoms with E-state index in [1.54, 1.807) is 6.20 Å². The van der Waals surface area contributed by atoms with Gasteiger partial charge in [0.25, 0.3) is 0 Å². The van der Waals surface area contributed by atoms with E-state index in [0.717, 1.165) is 4.88 Å². The van der Waals surface area contributed by atoms with Gasteiger partial charge in [-0.3, -0.25) is 4.79 Å². The van der Waals surface area contributed by atoms with E-state index >= 15 is 0 Å². The van der Waals surface area contributed by atoms with Crippen molar-refractivity contribution >= 4 is 43.8 Å². The van der Waals surface area contributed by atoms with E-state index in [1.165, 1.54) is 35.6 Å².